The van der Waals surface area contributed by atoms with Gasteiger partial charge in [0.05, 0.1) is 6.42 Å². The maximum atomic E-state index is 3.82. The number of H-pyrrole nitrogens is 1. The third kappa shape index (κ3) is 2.27. The van der Waals surface area contributed by atoms with Crippen LogP contribution in [-0.4, -0.2) is 20.6 Å². The van der Waals surface area contributed by atoms with Gasteiger partial charge in [-0.15, -0.1) is 5.10 Å². The summed E-state index contributed by atoms with van der Waals surface area (Å²) in [6.45, 7) is 0. The van der Waals surface area contributed by atoms with E-state index in [1.807, 2.05) is 36.8 Å². The zero-order valence-electron chi connectivity index (χ0n) is 9.62. The molecule has 0 saturated heterocycles. The molecule has 18 heavy (non-hydrogen) atoms. The first-order valence-corrected chi connectivity index (χ1v) is 5.66. The van der Waals surface area contributed by atoms with Gasteiger partial charge < -0.3 is 0 Å². The third-order valence-electron chi connectivity index (χ3n) is 2.68. The number of hydrogen-bond acceptors (Lipinski definition) is 3. The highest BCUT2D eigenvalue weighted by atomic mass is 15.5. The zero-order valence-corrected chi connectivity index (χ0v) is 9.62. The molecule has 0 bridgehead atoms. The third-order valence-corrected chi connectivity index (χ3v) is 2.68. The molecule has 3 aromatic rings. The average molecular weight is 235 g/mol. The predicted octanol–water partition coefficient (Wildman–Crippen LogP) is 2.47. The molecular weight excluding hydrogens is 224 g/mol. The van der Waals surface area contributed by atoms with E-state index in [2.05, 4.69) is 44.9 Å². The molecule has 0 unspecified atom stereocenters. The Labute approximate surface area is 105 Å². The molecule has 4 nitrogen and oxygen atoms in total. The predicted molar refractivity (Wildman–Crippen MR) is 68.6 cm³/mol. The molecule has 3 rings (SSSR count). The van der Waals surface area contributed by atoms with Crippen LogP contribution in [0.3, 0.4) is 0 Å². The summed E-state index contributed by atoms with van der Waals surface area (Å²) in [5.41, 5.74) is 3.47. The van der Waals surface area contributed by atoms with Gasteiger partial charge in [0.15, 0.2) is 5.82 Å². The number of aromatic amines is 1. The molecule has 4 heteroatoms. The minimum Gasteiger partial charge on any atom is -0.242 e. The Hall–Kier alpha value is -2.49. The largest absolute Gasteiger partial charge is 0.242 e. The zero-order chi connectivity index (χ0) is 12.2. The number of rotatable bonds is 3. The Morgan fingerprint density at radius 1 is 0.833 bits per heavy atom. The molecule has 1 radical (unpaired) electrons. The van der Waals surface area contributed by atoms with Crippen molar-refractivity contribution in [3.8, 4) is 11.1 Å². The van der Waals surface area contributed by atoms with Crippen LogP contribution < -0.4 is 0 Å². The maximum Gasteiger partial charge on any atom is 0.157 e. The van der Waals surface area contributed by atoms with Crippen molar-refractivity contribution in [2.45, 2.75) is 0 Å². The minimum atomic E-state index is 0.655. The van der Waals surface area contributed by atoms with Crippen molar-refractivity contribution in [3.05, 3.63) is 72.4 Å². The van der Waals surface area contributed by atoms with E-state index in [9.17, 15) is 0 Å². The lowest BCUT2D eigenvalue weighted by Crippen LogP contribution is -1.88. The van der Waals surface area contributed by atoms with Crippen LogP contribution in [0.1, 0.15) is 11.4 Å². The summed E-state index contributed by atoms with van der Waals surface area (Å²) in [7, 11) is 0. The van der Waals surface area contributed by atoms with Crippen molar-refractivity contribution < 1.29 is 0 Å². The number of nitrogens with zero attached hydrogens (tertiary/aromatic N) is 3. The first-order chi connectivity index (χ1) is 8.92. The van der Waals surface area contributed by atoms with Gasteiger partial charge in [-0.05, 0) is 27.1 Å². The Morgan fingerprint density at radius 3 is 2.22 bits per heavy atom. The molecule has 0 fully saturated rings. The van der Waals surface area contributed by atoms with Gasteiger partial charge in [0.25, 0.3) is 0 Å². The lowest BCUT2D eigenvalue weighted by Gasteiger charge is -2.02. The maximum absolute atomic E-state index is 3.82. The number of benzene rings is 2. The lowest BCUT2D eigenvalue weighted by molar-refractivity contribution is 0.881. The molecular formula is C14H11N4. The first kappa shape index (κ1) is 10.7. The molecule has 1 heterocycles. The van der Waals surface area contributed by atoms with E-state index in [0.29, 0.717) is 5.82 Å². The van der Waals surface area contributed by atoms with Gasteiger partial charge in [0.1, 0.15) is 0 Å². The van der Waals surface area contributed by atoms with Crippen molar-refractivity contribution >= 4 is 0 Å². The molecule has 1 aromatic heterocycles. The van der Waals surface area contributed by atoms with Gasteiger partial charge >= 0.3 is 0 Å². The molecule has 1 N–H and O–H groups in total. The van der Waals surface area contributed by atoms with Crippen LogP contribution >= 0.6 is 0 Å². The minimum absolute atomic E-state index is 0.655. The van der Waals surface area contributed by atoms with Crippen LogP contribution in [0.4, 0.5) is 0 Å². The number of hydrogen-bond donors (Lipinski definition) is 1. The van der Waals surface area contributed by atoms with Gasteiger partial charge in [0, 0.05) is 0 Å². The van der Waals surface area contributed by atoms with E-state index in [-0.39, 0.29) is 0 Å². The lowest BCUT2D eigenvalue weighted by atomic mass is 10.0. The highest BCUT2D eigenvalue weighted by Crippen LogP contribution is 2.20. The monoisotopic (exact) mass is 235 g/mol. The fourth-order valence-electron chi connectivity index (χ4n) is 1.79. The summed E-state index contributed by atoms with van der Waals surface area (Å²) >= 11 is 0. The Kier molecular flexibility index (Phi) is 2.84. The van der Waals surface area contributed by atoms with Crippen molar-refractivity contribution in [1.29, 1.82) is 0 Å². The molecule has 87 valence electrons. The van der Waals surface area contributed by atoms with E-state index in [0.717, 1.165) is 5.56 Å². The van der Waals surface area contributed by atoms with Gasteiger partial charge in [-0.1, -0.05) is 54.6 Å². The second-order valence-electron chi connectivity index (χ2n) is 3.92. The van der Waals surface area contributed by atoms with Crippen LogP contribution in [0.15, 0.2) is 54.6 Å². The van der Waals surface area contributed by atoms with Crippen LogP contribution in [0, 0.1) is 6.42 Å². The van der Waals surface area contributed by atoms with Gasteiger partial charge in [-0.3, -0.25) is 0 Å². The molecule has 2 aromatic carbocycles. The van der Waals surface area contributed by atoms with Crippen molar-refractivity contribution in [3.63, 3.8) is 0 Å². The topological polar surface area (TPSA) is 54.5 Å². The second kappa shape index (κ2) is 4.79. The van der Waals surface area contributed by atoms with Crippen LogP contribution in [-0.2, 0) is 0 Å². The Bertz CT molecular complexity index is 600. The average Bonchev–Trinajstić information content (AvgIpc) is 2.94. The highest BCUT2D eigenvalue weighted by molar-refractivity contribution is 5.63. The molecule has 0 aliphatic heterocycles. The molecule has 0 amide bonds. The SMILES string of the molecule is [CH](c1ccc(-c2ccccc2)cc1)c1nnn[nH]1. The molecule has 0 atom stereocenters. The van der Waals surface area contributed by atoms with E-state index < -0.39 is 0 Å². The normalized spacial score (nSPS) is 10.4. The molecule has 0 saturated carbocycles. The summed E-state index contributed by atoms with van der Waals surface area (Å²) in [5.74, 6) is 0.655. The van der Waals surface area contributed by atoms with E-state index in [1.165, 1.54) is 11.1 Å². The van der Waals surface area contributed by atoms with Crippen molar-refractivity contribution in [2.75, 3.05) is 0 Å². The second-order valence-corrected chi connectivity index (χ2v) is 3.92. The van der Waals surface area contributed by atoms with Crippen LogP contribution in [0.2, 0.25) is 0 Å². The quantitative estimate of drug-likeness (QED) is 0.758. The Morgan fingerprint density at radius 2 is 1.56 bits per heavy atom. The molecule has 0 aliphatic rings. The fraction of sp³-hybridized carbons (Fsp3) is 0. The standard InChI is InChI=1S/C14H11N4/c1-2-4-12(5-3-1)13-8-6-11(7-9-13)10-14-15-17-18-16-14/h1-10H,(H,15,16,17,18). The van der Waals surface area contributed by atoms with Gasteiger partial charge in [-0.25, -0.2) is 5.10 Å². The van der Waals surface area contributed by atoms with Crippen molar-refractivity contribution in [1.82, 2.24) is 20.6 Å². The fourth-order valence-corrected chi connectivity index (χ4v) is 1.79. The van der Waals surface area contributed by atoms with Crippen LogP contribution in [0.25, 0.3) is 11.1 Å². The number of tetrazole rings is 1. The summed E-state index contributed by atoms with van der Waals surface area (Å²) in [6, 6.07) is 18.6. The van der Waals surface area contributed by atoms with Crippen LogP contribution in [0.5, 0.6) is 0 Å². The molecule has 0 spiro atoms. The van der Waals surface area contributed by atoms with Crippen molar-refractivity contribution in [2.24, 2.45) is 0 Å². The smallest absolute Gasteiger partial charge is 0.157 e. The number of aromatic nitrogens is 4. The van der Waals surface area contributed by atoms with E-state index in [4.69, 9.17) is 0 Å². The number of nitrogens with one attached hydrogen (secondary N) is 1. The summed E-state index contributed by atoms with van der Waals surface area (Å²) < 4.78 is 0. The van der Waals surface area contributed by atoms with E-state index >= 15 is 0 Å². The molecule has 0 aliphatic carbocycles. The van der Waals surface area contributed by atoms with Gasteiger partial charge in [-0.2, -0.15) is 0 Å². The summed E-state index contributed by atoms with van der Waals surface area (Å²) in [5, 5.41) is 13.6. The summed E-state index contributed by atoms with van der Waals surface area (Å²) in [6.07, 6.45) is 1.90. The first-order valence-electron chi connectivity index (χ1n) is 5.66. The Balaban J connectivity index is 1.81. The van der Waals surface area contributed by atoms with E-state index in [1.54, 1.807) is 0 Å². The highest BCUT2D eigenvalue weighted by Gasteiger charge is 2.01. The summed E-state index contributed by atoms with van der Waals surface area (Å²) in [4.78, 5) is 0. The van der Waals surface area contributed by atoms with Gasteiger partial charge in [0.2, 0.25) is 0 Å².